The van der Waals surface area contributed by atoms with Gasteiger partial charge in [0.15, 0.2) is 0 Å². The predicted molar refractivity (Wildman–Crippen MR) is 80.0 cm³/mol. The molecule has 3 aliphatic carbocycles. The quantitative estimate of drug-likeness (QED) is 0.557. The summed E-state index contributed by atoms with van der Waals surface area (Å²) in [5.41, 5.74) is 3.77. The summed E-state index contributed by atoms with van der Waals surface area (Å²) in [7, 11) is 0. The summed E-state index contributed by atoms with van der Waals surface area (Å²) in [5.74, 6) is 2.76. The number of fused-ring (bicyclic) bond motifs is 9. The van der Waals surface area contributed by atoms with Gasteiger partial charge in [-0.15, -0.1) is 0 Å². The average molecular weight is 260 g/mol. The molecule has 1 nitrogen and oxygen atoms in total. The van der Waals surface area contributed by atoms with Crippen LogP contribution in [0.15, 0.2) is 42.5 Å². The van der Waals surface area contributed by atoms with Crippen molar-refractivity contribution < 1.29 is 4.79 Å². The van der Waals surface area contributed by atoms with E-state index in [1.54, 1.807) is 0 Å². The van der Waals surface area contributed by atoms with Crippen LogP contribution in [0, 0.1) is 17.8 Å². The number of carbonyl (C=O) groups excluding carboxylic acids is 1. The molecule has 4 atom stereocenters. The van der Waals surface area contributed by atoms with Crippen molar-refractivity contribution in [2.75, 3.05) is 0 Å². The molecule has 4 unspecified atom stereocenters. The first-order valence-corrected chi connectivity index (χ1v) is 7.55. The van der Waals surface area contributed by atoms with E-state index in [1.165, 1.54) is 28.3 Å². The summed E-state index contributed by atoms with van der Waals surface area (Å²) >= 11 is 0. The molecule has 0 N–H and O–H groups in total. The Morgan fingerprint density at radius 2 is 1.95 bits per heavy atom. The standard InChI is InChI=1S/C19H16O/c20-10-14-8-11-3-1-2-4-15(11)17-9-16-12-5-6-13(7-12)18(16)19(14)17/h1-6,8,10,12-13,16,18H,7,9H2. The van der Waals surface area contributed by atoms with E-state index in [0.717, 1.165) is 30.1 Å². The van der Waals surface area contributed by atoms with Crippen LogP contribution in [0.1, 0.15) is 33.8 Å². The van der Waals surface area contributed by atoms with Gasteiger partial charge in [-0.3, -0.25) is 4.79 Å². The molecule has 0 aromatic heterocycles. The minimum absolute atomic E-state index is 0.602. The lowest BCUT2D eigenvalue weighted by Gasteiger charge is -2.21. The van der Waals surface area contributed by atoms with Crippen LogP contribution in [0.3, 0.4) is 0 Å². The van der Waals surface area contributed by atoms with Crippen LogP contribution in [0.25, 0.3) is 10.8 Å². The number of aldehydes is 1. The zero-order valence-corrected chi connectivity index (χ0v) is 11.3. The van der Waals surface area contributed by atoms with E-state index in [1.807, 2.05) is 0 Å². The molecule has 0 saturated heterocycles. The minimum Gasteiger partial charge on any atom is -0.298 e. The molecule has 2 aromatic rings. The van der Waals surface area contributed by atoms with E-state index in [0.29, 0.717) is 11.8 Å². The van der Waals surface area contributed by atoms with Gasteiger partial charge in [0.2, 0.25) is 0 Å². The van der Waals surface area contributed by atoms with Crippen molar-refractivity contribution in [1.82, 2.24) is 0 Å². The van der Waals surface area contributed by atoms with Gasteiger partial charge >= 0.3 is 0 Å². The zero-order valence-electron chi connectivity index (χ0n) is 11.3. The monoisotopic (exact) mass is 260 g/mol. The lowest BCUT2D eigenvalue weighted by Crippen LogP contribution is -2.13. The van der Waals surface area contributed by atoms with Gasteiger partial charge in [0.1, 0.15) is 6.29 Å². The molecule has 0 spiro atoms. The van der Waals surface area contributed by atoms with Crippen LogP contribution < -0.4 is 0 Å². The average Bonchev–Trinajstić information content (AvgIpc) is 3.17. The van der Waals surface area contributed by atoms with Crippen LogP contribution in [0.5, 0.6) is 0 Å². The van der Waals surface area contributed by atoms with Crippen molar-refractivity contribution >= 4 is 17.1 Å². The van der Waals surface area contributed by atoms with Crippen LogP contribution in [0.2, 0.25) is 0 Å². The third-order valence-corrected chi connectivity index (χ3v) is 5.76. The molecule has 3 aliphatic rings. The first-order chi connectivity index (χ1) is 9.86. The summed E-state index contributed by atoms with van der Waals surface area (Å²) in [5, 5.41) is 2.58. The van der Waals surface area contributed by atoms with Gasteiger partial charge in [-0.05, 0) is 64.5 Å². The molecule has 0 radical (unpaired) electrons. The van der Waals surface area contributed by atoms with Gasteiger partial charge < -0.3 is 0 Å². The Morgan fingerprint density at radius 3 is 2.85 bits per heavy atom. The summed E-state index contributed by atoms with van der Waals surface area (Å²) in [6.45, 7) is 0. The van der Waals surface area contributed by atoms with Crippen molar-refractivity contribution in [2.45, 2.75) is 18.8 Å². The lowest BCUT2D eigenvalue weighted by atomic mass is 9.82. The molecule has 2 aromatic carbocycles. The second-order valence-electron chi connectivity index (χ2n) is 6.54. The summed E-state index contributed by atoms with van der Waals surface area (Å²) < 4.78 is 0. The minimum atomic E-state index is 0.602. The number of carbonyl (C=O) groups is 1. The Hall–Kier alpha value is -1.89. The first kappa shape index (κ1) is 10.8. The smallest absolute Gasteiger partial charge is 0.150 e. The third-order valence-electron chi connectivity index (χ3n) is 5.76. The topological polar surface area (TPSA) is 17.1 Å². The SMILES string of the molecule is O=Cc1cc2ccccc2c2c1C1C3C=CC(C3)C1C2. The predicted octanol–water partition coefficient (Wildman–Crippen LogP) is 4.11. The highest BCUT2D eigenvalue weighted by atomic mass is 16.1. The molecule has 0 aliphatic heterocycles. The fourth-order valence-corrected chi connectivity index (χ4v) is 5.04. The zero-order chi connectivity index (χ0) is 13.3. The van der Waals surface area contributed by atoms with E-state index in [4.69, 9.17) is 0 Å². The van der Waals surface area contributed by atoms with E-state index >= 15 is 0 Å². The lowest BCUT2D eigenvalue weighted by molar-refractivity contribution is 0.112. The van der Waals surface area contributed by atoms with Gasteiger partial charge in [-0.1, -0.05) is 36.4 Å². The summed E-state index contributed by atoms with van der Waals surface area (Å²) in [6.07, 6.45) is 8.35. The Bertz CT molecular complexity index is 771. The molecule has 20 heavy (non-hydrogen) atoms. The van der Waals surface area contributed by atoms with E-state index in [2.05, 4.69) is 42.5 Å². The van der Waals surface area contributed by atoms with Gasteiger partial charge in [-0.2, -0.15) is 0 Å². The molecule has 5 rings (SSSR count). The van der Waals surface area contributed by atoms with E-state index in [9.17, 15) is 4.79 Å². The summed E-state index contributed by atoms with van der Waals surface area (Å²) in [4.78, 5) is 11.6. The van der Waals surface area contributed by atoms with Crippen LogP contribution in [-0.4, -0.2) is 6.29 Å². The van der Waals surface area contributed by atoms with Gasteiger partial charge in [0.05, 0.1) is 0 Å². The Balaban J connectivity index is 1.84. The maximum atomic E-state index is 11.6. The number of benzene rings is 2. The van der Waals surface area contributed by atoms with Crippen LogP contribution in [0.4, 0.5) is 0 Å². The second-order valence-corrected chi connectivity index (χ2v) is 6.54. The Kier molecular flexibility index (Phi) is 1.95. The normalized spacial score (nSPS) is 32.6. The Morgan fingerprint density at radius 1 is 1.10 bits per heavy atom. The maximum Gasteiger partial charge on any atom is 0.150 e. The Labute approximate surface area is 118 Å². The van der Waals surface area contributed by atoms with Crippen LogP contribution in [-0.2, 0) is 6.42 Å². The van der Waals surface area contributed by atoms with E-state index in [-0.39, 0.29) is 0 Å². The molecule has 98 valence electrons. The van der Waals surface area contributed by atoms with Gasteiger partial charge in [-0.25, -0.2) is 0 Å². The summed E-state index contributed by atoms with van der Waals surface area (Å²) in [6, 6.07) is 10.6. The molecule has 0 amide bonds. The van der Waals surface area contributed by atoms with Crippen molar-refractivity contribution in [3.8, 4) is 0 Å². The highest BCUT2D eigenvalue weighted by Gasteiger charge is 2.50. The number of hydrogen-bond donors (Lipinski definition) is 0. The van der Waals surface area contributed by atoms with Crippen molar-refractivity contribution in [3.05, 3.63) is 59.2 Å². The van der Waals surface area contributed by atoms with Gasteiger partial charge in [0.25, 0.3) is 0 Å². The molecular formula is C19H16O. The van der Waals surface area contributed by atoms with Crippen molar-refractivity contribution in [2.24, 2.45) is 17.8 Å². The third kappa shape index (κ3) is 1.17. The molecule has 1 heteroatoms. The van der Waals surface area contributed by atoms with E-state index < -0.39 is 0 Å². The first-order valence-electron chi connectivity index (χ1n) is 7.55. The van der Waals surface area contributed by atoms with Crippen molar-refractivity contribution in [1.29, 1.82) is 0 Å². The molecule has 2 bridgehead atoms. The number of hydrogen-bond acceptors (Lipinski definition) is 1. The molecule has 1 saturated carbocycles. The van der Waals surface area contributed by atoms with Gasteiger partial charge in [0, 0.05) is 5.56 Å². The highest BCUT2D eigenvalue weighted by molar-refractivity contribution is 5.94. The molecule has 1 fully saturated rings. The molecular weight excluding hydrogens is 244 g/mol. The molecule has 0 heterocycles. The second kappa shape index (κ2) is 3.60. The fraction of sp³-hybridized carbons (Fsp3) is 0.316. The highest BCUT2D eigenvalue weighted by Crippen LogP contribution is 2.59. The maximum absolute atomic E-state index is 11.6. The number of rotatable bonds is 1. The number of allylic oxidation sites excluding steroid dienone is 2. The fourth-order valence-electron chi connectivity index (χ4n) is 5.04. The largest absolute Gasteiger partial charge is 0.298 e. The van der Waals surface area contributed by atoms with Crippen LogP contribution >= 0.6 is 0 Å². The van der Waals surface area contributed by atoms with Crippen molar-refractivity contribution in [3.63, 3.8) is 0 Å².